The van der Waals surface area contributed by atoms with E-state index in [1.807, 2.05) is 0 Å². The van der Waals surface area contributed by atoms with Gasteiger partial charge in [-0.3, -0.25) is 4.79 Å². The molecule has 0 aliphatic carbocycles. The highest BCUT2D eigenvalue weighted by Gasteiger charge is 2.26. The Morgan fingerprint density at radius 3 is 3.00 bits per heavy atom. The Morgan fingerprint density at radius 1 is 1.45 bits per heavy atom. The Kier molecular flexibility index (Phi) is 3.84. The summed E-state index contributed by atoms with van der Waals surface area (Å²) in [6.45, 7) is 0.470. The van der Waals surface area contributed by atoms with Crippen LogP contribution in [0.3, 0.4) is 0 Å². The van der Waals surface area contributed by atoms with E-state index in [9.17, 15) is 13.6 Å². The zero-order chi connectivity index (χ0) is 15.7. The molecule has 0 spiro atoms. The minimum Gasteiger partial charge on any atom is -0.378 e. The van der Waals surface area contributed by atoms with Crippen molar-refractivity contribution in [3.05, 3.63) is 29.7 Å². The van der Waals surface area contributed by atoms with E-state index in [1.165, 1.54) is 12.3 Å². The quantitative estimate of drug-likeness (QED) is 0.894. The number of alkyl halides is 1. The number of primary amides is 1. The lowest BCUT2D eigenvalue weighted by molar-refractivity contribution is 0.0284. The number of nitrogens with two attached hydrogens (primary N) is 1. The van der Waals surface area contributed by atoms with Crippen molar-refractivity contribution in [2.45, 2.75) is 18.6 Å². The number of benzene rings is 1. The number of anilines is 1. The van der Waals surface area contributed by atoms with Crippen LogP contribution in [-0.4, -0.2) is 41.3 Å². The predicted octanol–water partition coefficient (Wildman–Crippen LogP) is 1.41. The van der Waals surface area contributed by atoms with Crippen LogP contribution in [0.4, 0.5) is 14.7 Å². The van der Waals surface area contributed by atoms with Crippen molar-refractivity contribution in [1.82, 2.24) is 9.97 Å². The molecule has 116 valence electrons. The third kappa shape index (κ3) is 2.82. The van der Waals surface area contributed by atoms with Crippen molar-refractivity contribution in [3.63, 3.8) is 0 Å². The van der Waals surface area contributed by atoms with E-state index in [-0.39, 0.29) is 29.0 Å². The number of carbonyl (C=O) groups is 1. The molecule has 6 nitrogen and oxygen atoms in total. The van der Waals surface area contributed by atoms with Crippen molar-refractivity contribution in [3.8, 4) is 0 Å². The molecule has 2 aromatic rings. The lowest BCUT2D eigenvalue weighted by Gasteiger charge is -2.26. The summed E-state index contributed by atoms with van der Waals surface area (Å²) < 4.78 is 32.6. The summed E-state index contributed by atoms with van der Waals surface area (Å²) in [6.07, 6.45) is 0.608. The molecule has 1 aliphatic heterocycles. The molecule has 3 rings (SSSR count). The fourth-order valence-electron chi connectivity index (χ4n) is 2.34. The van der Waals surface area contributed by atoms with Crippen molar-refractivity contribution < 1.29 is 18.3 Å². The smallest absolute Gasteiger partial charge is 0.248 e. The Hall–Kier alpha value is -2.35. The standard InChI is InChI=1S/C14H14F2N4O2/c15-9-3-7(13(17)21)4-12-8(9)5-18-14(20-12)19-11-1-2-22-6-10(11)16/h3-5,10-11H,1-2,6H2,(H2,17,21)(H,18,19,20)/t10-,11+/m1/s1. The number of carbonyl (C=O) groups excluding carboxylic acids is 1. The summed E-state index contributed by atoms with van der Waals surface area (Å²) in [7, 11) is 0. The van der Waals surface area contributed by atoms with E-state index in [0.29, 0.717) is 13.0 Å². The molecule has 1 amide bonds. The summed E-state index contributed by atoms with van der Waals surface area (Å²) >= 11 is 0. The normalized spacial score (nSPS) is 21.7. The van der Waals surface area contributed by atoms with E-state index in [1.54, 1.807) is 0 Å². The first-order valence-corrected chi connectivity index (χ1v) is 6.79. The summed E-state index contributed by atoms with van der Waals surface area (Å²) in [5.41, 5.74) is 5.40. The lowest BCUT2D eigenvalue weighted by atomic mass is 10.1. The number of hydrogen-bond acceptors (Lipinski definition) is 5. The fraction of sp³-hybridized carbons (Fsp3) is 0.357. The van der Waals surface area contributed by atoms with Crippen LogP contribution in [-0.2, 0) is 4.74 Å². The summed E-state index contributed by atoms with van der Waals surface area (Å²) in [5.74, 6) is -1.21. The molecule has 1 fully saturated rings. The minimum absolute atomic E-state index is 0.0177. The number of aromatic nitrogens is 2. The number of fused-ring (bicyclic) bond motifs is 1. The number of rotatable bonds is 3. The van der Waals surface area contributed by atoms with Crippen LogP contribution in [0, 0.1) is 5.82 Å². The maximum Gasteiger partial charge on any atom is 0.248 e. The van der Waals surface area contributed by atoms with Gasteiger partial charge in [0.25, 0.3) is 0 Å². The van der Waals surface area contributed by atoms with Gasteiger partial charge in [-0.1, -0.05) is 0 Å². The molecule has 1 aromatic carbocycles. The molecule has 0 bridgehead atoms. The van der Waals surface area contributed by atoms with Crippen molar-refractivity contribution in [2.24, 2.45) is 5.73 Å². The van der Waals surface area contributed by atoms with Gasteiger partial charge in [0, 0.05) is 18.4 Å². The average Bonchev–Trinajstić information content (AvgIpc) is 2.49. The van der Waals surface area contributed by atoms with Gasteiger partial charge in [0.1, 0.15) is 12.0 Å². The SMILES string of the molecule is NC(=O)c1cc(F)c2cnc(N[C@H]3CCOC[C@H]3F)nc2c1. The Balaban J connectivity index is 1.92. The number of amides is 1. The third-order valence-electron chi connectivity index (χ3n) is 3.54. The van der Waals surface area contributed by atoms with E-state index in [2.05, 4.69) is 15.3 Å². The third-order valence-corrected chi connectivity index (χ3v) is 3.54. The van der Waals surface area contributed by atoms with Crippen molar-refractivity contribution >= 4 is 22.8 Å². The van der Waals surface area contributed by atoms with Crippen LogP contribution in [0.2, 0.25) is 0 Å². The van der Waals surface area contributed by atoms with Crippen LogP contribution in [0.1, 0.15) is 16.8 Å². The average molecular weight is 308 g/mol. The second kappa shape index (κ2) is 5.80. The van der Waals surface area contributed by atoms with E-state index >= 15 is 0 Å². The second-order valence-corrected chi connectivity index (χ2v) is 5.08. The van der Waals surface area contributed by atoms with Gasteiger partial charge in [-0.2, -0.15) is 0 Å². The summed E-state index contributed by atoms with van der Waals surface area (Å²) in [5, 5.41) is 3.04. The lowest BCUT2D eigenvalue weighted by Crippen LogP contribution is -2.39. The monoisotopic (exact) mass is 308 g/mol. The molecular weight excluding hydrogens is 294 g/mol. The Labute approximate surface area is 124 Å². The number of ether oxygens (including phenoxy) is 1. The van der Waals surface area contributed by atoms with Crippen LogP contribution in [0.5, 0.6) is 0 Å². The van der Waals surface area contributed by atoms with Gasteiger partial charge in [0.05, 0.1) is 23.6 Å². The van der Waals surface area contributed by atoms with Crippen molar-refractivity contribution in [2.75, 3.05) is 18.5 Å². The van der Waals surface area contributed by atoms with E-state index in [0.717, 1.165) is 6.07 Å². The Morgan fingerprint density at radius 2 is 2.27 bits per heavy atom. The zero-order valence-corrected chi connectivity index (χ0v) is 11.6. The number of nitrogens with one attached hydrogen (secondary N) is 1. The van der Waals surface area contributed by atoms with E-state index in [4.69, 9.17) is 10.5 Å². The van der Waals surface area contributed by atoms with Crippen LogP contribution in [0.25, 0.3) is 10.9 Å². The van der Waals surface area contributed by atoms with Crippen LogP contribution < -0.4 is 11.1 Å². The summed E-state index contributed by atoms with van der Waals surface area (Å²) in [6, 6.07) is 1.96. The van der Waals surface area contributed by atoms with Gasteiger partial charge in [-0.05, 0) is 18.6 Å². The molecule has 3 N–H and O–H groups in total. The molecular formula is C14H14F2N4O2. The molecule has 2 heterocycles. The molecule has 1 aliphatic rings. The van der Waals surface area contributed by atoms with Gasteiger partial charge in [0.2, 0.25) is 11.9 Å². The van der Waals surface area contributed by atoms with Crippen molar-refractivity contribution in [1.29, 1.82) is 0 Å². The Bertz CT molecular complexity index is 725. The summed E-state index contributed by atoms with van der Waals surface area (Å²) in [4.78, 5) is 19.3. The highest BCUT2D eigenvalue weighted by molar-refractivity contribution is 5.96. The molecule has 0 saturated carbocycles. The topological polar surface area (TPSA) is 90.1 Å². The zero-order valence-electron chi connectivity index (χ0n) is 11.6. The highest BCUT2D eigenvalue weighted by atomic mass is 19.1. The van der Waals surface area contributed by atoms with Gasteiger partial charge in [-0.25, -0.2) is 18.7 Å². The molecule has 1 aromatic heterocycles. The minimum atomic E-state index is -1.17. The first-order chi connectivity index (χ1) is 10.5. The van der Waals surface area contributed by atoms with Crippen LogP contribution >= 0.6 is 0 Å². The van der Waals surface area contributed by atoms with Gasteiger partial charge < -0.3 is 15.8 Å². The molecule has 0 unspecified atom stereocenters. The van der Waals surface area contributed by atoms with Gasteiger partial charge >= 0.3 is 0 Å². The first kappa shape index (κ1) is 14.6. The largest absolute Gasteiger partial charge is 0.378 e. The maximum atomic E-state index is 13.9. The molecule has 8 heteroatoms. The number of halogens is 2. The molecule has 1 saturated heterocycles. The molecule has 22 heavy (non-hydrogen) atoms. The number of hydrogen-bond donors (Lipinski definition) is 2. The van der Waals surface area contributed by atoms with Gasteiger partial charge in [0.15, 0.2) is 0 Å². The van der Waals surface area contributed by atoms with E-state index < -0.39 is 23.9 Å². The first-order valence-electron chi connectivity index (χ1n) is 6.79. The second-order valence-electron chi connectivity index (χ2n) is 5.08. The fourth-order valence-corrected chi connectivity index (χ4v) is 2.34. The number of nitrogens with zero attached hydrogens (tertiary/aromatic N) is 2. The van der Waals surface area contributed by atoms with Crippen LogP contribution in [0.15, 0.2) is 18.3 Å². The highest BCUT2D eigenvalue weighted by Crippen LogP contribution is 2.21. The molecule has 2 atom stereocenters. The maximum absolute atomic E-state index is 13.9. The van der Waals surface area contributed by atoms with Gasteiger partial charge in [-0.15, -0.1) is 0 Å². The molecule has 0 radical (unpaired) electrons. The predicted molar refractivity (Wildman–Crippen MR) is 75.8 cm³/mol.